The Morgan fingerprint density at radius 3 is 1.23 bits per heavy atom. The van der Waals surface area contributed by atoms with Gasteiger partial charge in [0, 0.05) is 0 Å². The summed E-state index contributed by atoms with van der Waals surface area (Å²) in [6, 6.07) is 0. The third kappa shape index (κ3) is 4.15. The molecule has 0 aliphatic heterocycles. The number of hydrogen-bond donors (Lipinski definition) is 0. The molecule has 80 valence electrons. The standard InChI is InChI=1S/C11H22.C2H6/c1-8(2)10-5-6-11(7-10)9(3)4;1-2/h8-11H,5-7H2,1-4H3;1-2H3. The maximum Gasteiger partial charge on any atom is -0.0388 e. The molecule has 0 heterocycles. The van der Waals surface area contributed by atoms with Crippen molar-refractivity contribution in [3.8, 4) is 0 Å². The highest BCUT2D eigenvalue weighted by Gasteiger charge is 2.28. The second kappa shape index (κ2) is 6.45. The van der Waals surface area contributed by atoms with Crippen LogP contribution in [0.5, 0.6) is 0 Å². The lowest BCUT2D eigenvalue weighted by molar-refractivity contribution is 0.340. The predicted molar refractivity (Wildman–Crippen MR) is 61.9 cm³/mol. The Hall–Kier alpha value is 0. The first-order valence-electron chi connectivity index (χ1n) is 6.11. The lowest BCUT2D eigenvalue weighted by Gasteiger charge is -2.16. The molecule has 0 heteroatoms. The second-order valence-corrected chi connectivity index (χ2v) is 4.82. The molecule has 0 spiro atoms. The molecule has 0 bridgehead atoms. The molecule has 1 saturated carbocycles. The van der Waals surface area contributed by atoms with E-state index in [1.165, 1.54) is 19.3 Å². The highest BCUT2D eigenvalue weighted by molar-refractivity contribution is 4.78. The van der Waals surface area contributed by atoms with Gasteiger partial charge in [-0.2, -0.15) is 0 Å². The fourth-order valence-corrected chi connectivity index (χ4v) is 2.26. The van der Waals surface area contributed by atoms with Gasteiger partial charge in [-0.05, 0) is 42.9 Å². The van der Waals surface area contributed by atoms with Crippen molar-refractivity contribution in [2.45, 2.75) is 60.8 Å². The van der Waals surface area contributed by atoms with E-state index in [9.17, 15) is 0 Å². The Labute approximate surface area is 85.1 Å². The fraction of sp³-hybridized carbons (Fsp3) is 1.00. The van der Waals surface area contributed by atoms with E-state index >= 15 is 0 Å². The first-order valence-corrected chi connectivity index (χ1v) is 6.11. The number of rotatable bonds is 2. The van der Waals surface area contributed by atoms with Crippen molar-refractivity contribution in [1.82, 2.24) is 0 Å². The SMILES string of the molecule is CC.CC(C)C1CCC(C(C)C)C1. The van der Waals surface area contributed by atoms with Crippen LogP contribution in [0.15, 0.2) is 0 Å². The normalized spacial score (nSPS) is 27.7. The van der Waals surface area contributed by atoms with Gasteiger partial charge in [-0.15, -0.1) is 0 Å². The van der Waals surface area contributed by atoms with Crippen LogP contribution in [0.1, 0.15) is 60.8 Å². The monoisotopic (exact) mass is 184 g/mol. The summed E-state index contributed by atoms with van der Waals surface area (Å²) >= 11 is 0. The Bertz CT molecular complexity index is 99.2. The van der Waals surface area contributed by atoms with Crippen LogP contribution in [0.4, 0.5) is 0 Å². The van der Waals surface area contributed by atoms with Gasteiger partial charge in [0.15, 0.2) is 0 Å². The molecular formula is C13H28. The highest BCUT2D eigenvalue weighted by Crippen LogP contribution is 2.38. The molecule has 1 aliphatic rings. The van der Waals surface area contributed by atoms with Crippen molar-refractivity contribution >= 4 is 0 Å². The minimum Gasteiger partial charge on any atom is -0.0683 e. The topological polar surface area (TPSA) is 0 Å². The van der Waals surface area contributed by atoms with E-state index < -0.39 is 0 Å². The maximum absolute atomic E-state index is 2.37. The first-order chi connectivity index (χ1) is 6.11. The van der Waals surface area contributed by atoms with E-state index in [1.807, 2.05) is 13.8 Å². The number of hydrogen-bond acceptors (Lipinski definition) is 0. The Morgan fingerprint density at radius 2 is 1.08 bits per heavy atom. The predicted octanol–water partition coefficient (Wildman–Crippen LogP) is 4.74. The average Bonchev–Trinajstić information content (AvgIpc) is 2.56. The van der Waals surface area contributed by atoms with E-state index in [-0.39, 0.29) is 0 Å². The lowest BCUT2D eigenvalue weighted by atomic mass is 9.89. The molecule has 0 aromatic rings. The van der Waals surface area contributed by atoms with Gasteiger partial charge in [-0.25, -0.2) is 0 Å². The van der Waals surface area contributed by atoms with Gasteiger partial charge in [-0.3, -0.25) is 0 Å². The van der Waals surface area contributed by atoms with Crippen molar-refractivity contribution in [1.29, 1.82) is 0 Å². The van der Waals surface area contributed by atoms with Gasteiger partial charge in [0.25, 0.3) is 0 Å². The molecule has 0 aromatic heterocycles. The van der Waals surface area contributed by atoms with Crippen LogP contribution in [-0.4, -0.2) is 0 Å². The minimum atomic E-state index is 0.916. The molecule has 1 rings (SSSR count). The Morgan fingerprint density at radius 1 is 0.769 bits per heavy atom. The van der Waals surface area contributed by atoms with Gasteiger partial charge in [0.05, 0.1) is 0 Å². The Balaban J connectivity index is 0.000000671. The van der Waals surface area contributed by atoms with Gasteiger partial charge in [-0.1, -0.05) is 41.5 Å². The molecule has 0 amide bonds. The summed E-state index contributed by atoms with van der Waals surface area (Å²) in [6.45, 7) is 13.5. The fourth-order valence-electron chi connectivity index (χ4n) is 2.26. The van der Waals surface area contributed by atoms with E-state index in [2.05, 4.69) is 27.7 Å². The zero-order valence-electron chi connectivity index (χ0n) is 10.4. The third-order valence-electron chi connectivity index (χ3n) is 3.40. The summed E-state index contributed by atoms with van der Waals surface area (Å²) in [5, 5.41) is 0. The maximum atomic E-state index is 2.37. The molecule has 2 atom stereocenters. The summed E-state index contributed by atoms with van der Waals surface area (Å²) in [7, 11) is 0. The van der Waals surface area contributed by atoms with Crippen LogP contribution in [0.3, 0.4) is 0 Å². The van der Waals surface area contributed by atoms with E-state index in [0.717, 1.165) is 23.7 Å². The smallest absolute Gasteiger partial charge is 0.0388 e. The molecule has 1 fully saturated rings. The van der Waals surface area contributed by atoms with Gasteiger partial charge in [0.1, 0.15) is 0 Å². The van der Waals surface area contributed by atoms with Crippen molar-refractivity contribution < 1.29 is 0 Å². The molecule has 0 N–H and O–H groups in total. The van der Waals surface area contributed by atoms with Crippen molar-refractivity contribution in [2.24, 2.45) is 23.7 Å². The molecule has 2 unspecified atom stereocenters. The Kier molecular flexibility index (Phi) is 6.45. The molecule has 0 nitrogen and oxygen atoms in total. The van der Waals surface area contributed by atoms with Crippen molar-refractivity contribution in [3.05, 3.63) is 0 Å². The van der Waals surface area contributed by atoms with Crippen molar-refractivity contribution in [2.75, 3.05) is 0 Å². The van der Waals surface area contributed by atoms with Crippen LogP contribution in [0, 0.1) is 23.7 Å². The highest BCUT2D eigenvalue weighted by atomic mass is 14.3. The largest absolute Gasteiger partial charge is 0.0683 e. The van der Waals surface area contributed by atoms with Gasteiger partial charge >= 0.3 is 0 Å². The summed E-state index contributed by atoms with van der Waals surface area (Å²) in [5.74, 6) is 3.89. The van der Waals surface area contributed by atoms with E-state index in [4.69, 9.17) is 0 Å². The summed E-state index contributed by atoms with van der Waals surface area (Å²) < 4.78 is 0. The van der Waals surface area contributed by atoms with E-state index in [0.29, 0.717) is 0 Å². The minimum absolute atomic E-state index is 0.916. The molecular weight excluding hydrogens is 156 g/mol. The van der Waals surface area contributed by atoms with Crippen molar-refractivity contribution in [3.63, 3.8) is 0 Å². The molecule has 13 heavy (non-hydrogen) atoms. The summed E-state index contributed by atoms with van der Waals surface area (Å²) in [6.07, 6.45) is 4.47. The van der Waals surface area contributed by atoms with Gasteiger partial charge < -0.3 is 0 Å². The molecule has 1 aliphatic carbocycles. The zero-order chi connectivity index (χ0) is 10.4. The van der Waals surface area contributed by atoms with Crippen LogP contribution in [-0.2, 0) is 0 Å². The first kappa shape index (κ1) is 13.0. The zero-order valence-corrected chi connectivity index (χ0v) is 10.4. The van der Waals surface area contributed by atoms with Crippen LogP contribution >= 0.6 is 0 Å². The summed E-state index contributed by atoms with van der Waals surface area (Å²) in [4.78, 5) is 0. The van der Waals surface area contributed by atoms with Crippen LogP contribution in [0.25, 0.3) is 0 Å². The second-order valence-electron chi connectivity index (χ2n) is 4.82. The third-order valence-corrected chi connectivity index (χ3v) is 3.40. The average molecular weight is 184 g/mol. The molecule has 0 radical (unpaired) electrons. The van der Waals surface area contributed by atoms with Gasteiger partial charge in [0.2, 0.25) is 0 Å². The van der Waals surface area contributed by atoms with Crippen LogP contribution in [0.2, 0.25) is 0 Å². The summed E-state index contributed by atoms with van der Waals surface area (Å²) in [5.41, 5.74) is 0. The molecule has 0 saturated heterocycles. The lowest BCUT2D eigenvalue weighted by Crippen LogP contribution is -2.07. The van der Waals surface area contributed by atoms with Crippen LogP contribution < -0.4 is 0 Å². The van der Waals surface area contributed by atoms with E-state index in [1.54, 1.807) is 0 Å². The molecule has 0 aromatic carbocycles. The quantitative estimate of drug-likeness (QED) is 0.581.